The third-order valence-electron chi connectivity index (χ3n) is 4.89. The highest BCUT2D eigenvalue weighted by molar-refractivity contribution is 5.94. The van der Waals surface area contributed by atoms with Gasteiger partial charge < -0.3 is 19.5 Å². The van der Waals surface area contributed by atoms with Crippen molar-refractivity contribution in [3.8, 4) is 0 Å². The summed E-state index contributed by atoms with van der Waals surface area (Å²) in [6.45, 7) is 6.67. The second-order valence-corrected chi connectivity index (χ2v) is 6.53. The lowest BCUT2D eigenvalue weighted by molar-refractivity contribution is 0.0684. The van der Waals surface area contributed by atoms with Gasteiger partial charge in [0.2, 0.25) is 0 Å². The molecule has 140 valence electrons. The van der Waals surface area contributed by atoms with Gasteiger partial charge in [0.15, 0.2) is 0 Å². The molecule has 1 aliphatic rings. The van der Waals surface area contributed by atoms with Crippen LogP contribution in [0.15, 0.2) is 30.7 Å². The van der Waals surface area contributed by atoms with Crippen molar-refractivity contribution < 1.29 is 9.53 Å². The zero-order valence-corrected chi connectivity index (χ0v) is 15.7. The molecular formula is C19H27N5O2. The Morgan fingerprint density at radius 3 is 2.81 bits per heavy atom. The number of anilines is 1. The molecule has 26 heavy (non-hydrogen) atoms. The third kappa shape index (κ3) is 3.72. The third-order valence-corrected chi connectivity index (χ3v) is 4.89. The van der Waals surface area contributed by atoms with E-state index in [1.165, 1.54) is 0 Å². The van der Waals surface area contributed by atoms with E-state index in [1.807, 2.05) is 17.0 Å². The summed E-state index contributed by atoms with van der Waals surface area (Å²) in [5, 5.41) is 0. The van der Waals surface area contributed by atoms with Gasteiger partial charge in [-0.1, -0.05) is 6.92 Å². The van der Waals surface area contributed by atoms with Crippen molar-refractivity contribution in [3.05, 3.63) is 42.1 Å². The van der Waals surface area contributed by atoms with Crippen LogP contribution in [-0.4, -0.2) is 58.6 Å². The first-order valence-corrected chi connectivity index (χ1v) is 9.21. The molecule has 2 aromatic heterocycles. The van der Waals surface area contributed by atoms with E-state index in [2.05, 4.69) is 33.7 Å². The van der Waals surface area contributed by atoms with Crippen LogP contribution in [0.5, 0.6) is 0 Å². The monoisotopic (exact) mass is 357 g/mol. The van der Waals surface area contributed by atoms with Gasteiger partial charge in [-0.3, -0.25) is 4.79 Å². The maximum atomic E-state index is 13.1. The first kappa shape index (κ1) is 18.4. The Hall–Kier alpha value is -2.41. The molecule has 1 unspecified atom stereocenters. The lowest BCUT2D eigenvalue weighted by atomic mass is 10.1. The lowest BCUT2D eigenvalue weighted by Gasteiger charge is -2.24. The standard InChI is InChI=1S/C19H27N5O2/c1-4-10-23(5-2)17-7-6-14(12-22-17)19(25)24-13-15(26-3)11-16(24)18-20-8-9-21-18/h6-9,12,15-16H,4-5,10-11,13H2,1-3H3,(H,20,21)/t15-,16?/m1/s1. The van der Waals surface area contributed by atoms with Crippen LogP contribution in [-0.2, 0) is 4.74 Å². The van der Waals surface area contributed by atoms with E-state index in [9.17, 15) is 4.79 Å². The summed E-state index contributed by atoms with van der Waals surface area (Å²) >= 11 is 0. The Labute approximate surface area is 154 Å². The van der Waals surface area contributed by atoms with Crippen molar-refractivity contribution >= 4 is 11.7 Å². The van der Waals surface area contributed by atoms with E-state index in [0.717, 1.165) is 37.6 Å². The van der Waals surface area contributed by atoms with Crippen LogP contribution in [0.3, 0.4) is 0 Å². The molecule has 7 heteroatoms. The largest absolute Gasteiger partial charge is 0.380 e. The predicted octanol–water partition coefficient (Wildman–Crippen LogP) is 2.64. The zero-order valence-electron chi connectivity index (χ0n) is 15.7. The number of likely N-dealkylation sites (tertiary alicyclic amines) is 1. The molecule has 1 amide bonds. The first-order chi connectivity index (χ1) is 12.7. The Balaban J connectivity index is 1.79. The summed E-state index contributed by atoms with van der Waals surface area (Å²) in [6, 6.07) is 3.69. The van der Waals surface area contributed by atoms with Gasteiger partial charge >= 0.3 is 0 Å². The average Bonchev–Trinajstić information content (AvgIpc) is 3.35. The molecule has 0 saturated carbocycles. The number of nitrogens with one attached hydrogen (secondary N) is 1. The fourth-order valence-corrected chi connectivity index (χ4v) is 3.48. The molecule has 3 rings (SSSR count). The topological polar surface area (TPSA) is 74.3 Å². The fraction of sp³-hybridized carbons (Fsp3) is 0.526. The van der Waals surface area contributed by atoms with Crippen molar-refractivity contribution in [2.45, 2.75) is 38.8 Å². The molecule has 7 nitrogen and oxygen atoms in total. The zero-order chi connectivity index (χ0) is 18.5. The fourth-order valence-electron chi connectivity index (χ4n) is 3.48. The number of ether oxygens (including phenoxy) is 1. The molecule has 3 heterocycles. The molecule has 1 saturated heterocycles. The number of aromatic amines is 1. The number of methoxy groups -OCH3 is 1. The van der Waals surface area contributed by atoms with Gasteiger partial charge in [0, 0.05) is 51.8 Å². The van der Waals surface area contributed by atoms with Crippen LogP contribution >= 0.6 is 0 Å². The SMILES string of the molecule is CCCN(CC)c1ccc(C(=O)N2C[C@H](OC)CC2c2ncc[nH]2)cn1. The Morgan fingerprint density at radius 2 is 2.23 bits per heavy atom. The number of imidazole rings is 1. The van der Waals surface area contributed by atoms with E-state index in [4.69, 9.17) is 4.74 Å². The molecule has 0 aromatic carbocycles. The number of H-pyrrole nitrogens is 1. The summed E-state index contributed by atoms with van der Waals surface area (Å²) in [5.41, 5.74) is 0.592. The highest BCUT2D eigenvalue weighted by Crippen LogP contribution is 2.32. The van der Waals surface area contributed by atoms with Crippen LogP contribution in [0.4, 0.5) is 5.82 Å². The van der Waals surface area contributed by atoms with Crippen LogP contribution in [0.1, 0.15) is 48.9 Å². The molecule has 0 spiro atoms. The maximum absolute atomic E-state index is 13.1. The Kier molecular flexibility index (Phi) is 5.88. The summed E-state index contributed by atoms with van der Waals surface area (Å²) in [5.74, 6) is 1.66. The molecule has 1 aliphatic heterocycles. The van der Waals surface area contributed by atoms with Crippen molar-refractivity contribution in [1.82, 2.24) is 19.9 Å². The van der Waals surface area contributed by atoms with Gasteiger partial charge in [0.05, 0.1) is 17.7 Å². The lowest BCUT2D eigenvalue weighted by Crippen LogP contribution is -2.32. The molecule has 2 aromatic rings. The van der Waals surface area contributed by atoms with Crippen molar-refractivity contribution in [2.75, 3.05) is 31.6 Å². The summed E-state index contributed by atoms with van der Waals surface area (Å²) < 4.78 is 5.49. The van der Waals surface area contributed by atoms with Gasteiger partial charge in [0.25, 0.3) is 5.91 Å². The van der Waals surface area contributed by atoms with Crippen LogP contribution in [0, 0.1) is 0 Å². The van der Waals surface area contributed by atoms with Crippen molar-refractivity contribution in [1.29, 1.82) is 0 Å². The minimum Gasteiger partial charge on any atom is -0.380 e. The molecule has 1 N–H and O–H groups in total. The number of amides is 1. The molecule has 0 radical (unpaired) electrons. The van der Waals surface area contributed by atoms with E-state index in [0.29, 0.717) is 12.1 Å². The number of hydrogen-bond donors (Lipinski definition) is 1. The number of nitrogens with zero attached hydrogens (tertiary/aromatic N) is 4. The van der Waals surface area contributed by atoms with Crippen molar-refractivity contribution in [2.24, 2.45) is 0 Å². The average molecular weight is 357 g/mol. The van der Waals surface area contributed by atoms with E-state index in [-0.39, 0.29) is 18.1 Å². The minimum absolute atomic E-state index is 0.0152. The summed E-state index contributed by atoms with van der Waals surface area (Å²) in [4.78, 5) is 29.1. The Bertz CT molecular complexity index is 701. The highest BCUT2D eigenvalue weighted by atomic mass is 16.5. The maximum Gasteiger partial charge on any atom is 0.256 e. The first-order valence-electron chi connectivity index (χ1n) is 9.21. The predicted molar refractivity (Wildman–Crippen MR) is 100 cm³/mol. The molecule has 0 aliphatic carbocycles. The number of carbonyl (C=O) groups excluding carboxylic acids is 1. The van der Waals surface area contributed by atoms with Crippen LogP contribution in [0.25, 0.3) is 0 Å². The Morgan fingerprint density at radius 1 is 1.38 bits per heavy atom. The summed E-state index contributed by atoms with van der Waals surface area (Å²) in [7, 11) is 1.68. The van der Waals surface area contributed by atoms with Crippen LogP contribution in [0.2, 0.25) is 0 Å². The number of pyridine rings is 1. The van der Waals surface area contributed by atoms with Crippen LogP contribution < -0.4 is 4.90 Å². The molecule has 2 atom stereocenters. The number of hydrogen-bond acceptors (Lipinski definition) is 5. The molecular weight excluding hydrogens is 330 g/mol. The van der Waals surface area contributed by atoms with Crippen molar-refractivity contribution in [3.63, 3.8) is 0 Å². The normalized spacial score (nSPS) is 19.7. The number of carbonyl (C=O) groups is 1. The smallest absolute Gasteiger partial charge is 0.256 e. The highest BCUT2D eigenvalue weighted by Gasteiger charge is 2.38. The second-order valence-electron chi connectivity index (χ2n) is 6.53. The van der Waals surface area contributed by atoms with Gasteiger partial charge in [0.1, 0.15) is 11.6 Å². The number of rotatable bonds is 7. The van der Waals surface area contributed by atoms with Gasteiger partial charge in [-0.2, -0.15) is 0 Å². The van der Waals surface area contributed by atoms with Gasteiger partial charge in [-0.15, -0.1) is 0 Å². The van der Waals surface area contributed by atoms with Gasteiger partial charge in [-0.25, -0.2) is 9.97 Å². The van der Waals surface area contributed by atoms with E-state index >= 15 is 0 Å². The summed E-state index contributed by atoms with van der Waals surface area (Å²) in [6.07, 6.45) is 6.98. The van der Waals surface area contributed by atoms with E-state index < -0.39 is 0 Å². The molecule has 0 bridgehead atoms. The van der Waals surface area contributed by atoms with Gasteiger partial charge in [-0.05, 0) is 25.5 Å². The van der Waals surface area contributed by atoms with E-state index in [1.54, 1.807) is 25.7 Å². The second kappa shape index (κ2) is 8.31. The minimum atomic E-state index is -0.102. The molecule has 1 fully saturated rings. The number of aromatic nitrogens is 3. The quantitative estimate of drug-likeness (QED) is 0.824.